The summed E-state index contributed by atoms with van der Waals surface area (Å²) in [5.41, 5.74) is 4.13. The summed E-state index contributed by atoms with van der Waals surface area (Å²) < 4.78 is 5.44. The van der Waals surface area contributed by atoms with E-state index in [1.54, 1.807) is 0 Å². The zero-order chi connectivity index (χ0) is 13.9. The lowest BCUT2D eigenvalue weighted by atomic mass is 10.1. The lowest BCUT2D eigenvalue weighted by Gasteiger charge is -2.07. The van der Waals surface area contributed by atoms with Crippen LogP contribution in [0.2, 0.25) is 0 Å². The van der Waals surface area contributed by atoms with Crippen molar-refractivity contribution in [2.45, 2.75) is 19.9 Å². The molecule has 1 heterocycles. The predicted octanol–water partition coefficient (Wildman–Crippen LogP) is 2.86. The molecule has 0 radical (unpaired) electrons. The minimum Gasteiger partial charge on any atom is -0.493 e. The molecule has 1 aliphatic heterocycles. The van der Waals surface area contributed by atoms with Crippen molar-refractivity contribution in [3.05, 3.63) is 64.7 Å². The molecule has 0 aliphatic carbocycles. The Hall–Kier alpha value is -2.29. The third-order valence-electron chi connectivity index (χ3n) is 3.49. The highest BCUT2D eigenvalue weighted by atomic mass is 16.5. The molecule has 0 saturated heterocycles. The number of ether oxygens (including phenoxy) is 1. The minimum atomic E-state index is -0.0405. The number of hydrogen-bond donors (Lipinski definition) is 1. The molecule has 102 valence electrons. The normalized spacial score (nSPS) is 12.7. The molecule has 0 bridgehead atoms. The van der Waals surface area contributed by atoms with Gasteiger partial charge in [0.15, 0.2) is 0 Å². The van der Waals surface area contributed by atoms with Crippen LogP contribution in [-0.4, -0.2) is 12.5 Å². The standard InChI is InChI=1S/C17H17NO2/c1-12-3-2-4-13(9-12)11-18-17(19)15-5-6-16-14(10-15)7-8-20-16/h2-6,9-10H,7-8,11H2,1H3,(H,18,19). The molecule has 2 aromatic rings. The van der Waals surface area contributed by atoms with Crippen LogP contribution in [0.5, 0.6) is 5.75 Å². The lowest BCUT2D eigenvalue weighted by molar-refractivity contribution is 0.0951. The largest absolute Gasteiger partial charge is 0.493 e. The fraction of sp³-hybridized carbons (Fsp3) is 0.235. The van der Waals surface area contributed by atoms with Crippen molar-refractivity contribution in [2.24, 2.45) is 0 Å². The van der Waals surface area contributed by atoms with Gasteiger partial charge >= 0.3 is 0 Å². The van der Waals surface area contributed by atoms with Gasteiger partial charge in [-0.1, -0.05) is 29.8 Å². The van der Waals surface area contributed by atoms with Crippen LogP contribution in [0.4, 0.5) is 0 Å². The van der Waals surface area contributed by atoms with Crippen LogP contribution in [-0.2, 0) is 13.0 Å². The van der Waals surface area contributed by atoms with Crippen LogP contribution in [0.25, 0.3) is 0 Å². The fourth-order valence-corrected chi connectivity index (χ4v) is 2.43. The van der Waals surface area contributed by atoms with Crippen molar-refractivity contribution < 1.29 is 9.53 Å². The van der Waals surface area contributed by atoms with E-state index in [0.717, 1.165) is 23.3 Å². The van der Waals surface area contributed by atoms with Crippen molar-refractivity contribution in [1.82, 2.24) is 5.32 Å². The Kier molecular flexibility index (Phi) is 3.42. The molecule has 0 saturated carbocycles. The Morgan fingerprint density at radius 2 is 2.15 bits per heavy atom. The zero-order valence-corrected chi connectivity index (χ0v) is 11.5. The smallest absolute Gasteiger partial charge is 0.251 e. The topological polar surface area (TPSA) is 38.3 Å². The maximum Gasteiger partial charge on any atom is 0.251 e. The predicted molar refractivity (Wildman–Crippen MR) is 78.0 cm³/mol. The molecule has 2 aromatic carbocycles. The van der Waals surface area contributed by atoms with E-state index in [1.165, 1.54) is 5.56 Å². The third kappa shape index (κ3) is 2.67. The van der Waals surface area contributed by atoms with Gasteiger partial charge in [0.05, 0.1) is 6.61 Å². The molecule has 3 nitrogen and oxygen atoms in total. The van der Waals surface area contributed by atoms with Crippen LogP contribution in [0.3, 0.4) is 0 Å². The Morgan fingerprint density at radius 3 is 3.00 bits per heavy atom. The van der Waals surface area contributed by atoms with Gasteiger partial charge in [-0.3, -0.25) is 4.79 Å². The van der Waals surface area contributed by atoms with E-state index in [2.05, 4.69) is 11.4 Å². The number of amides is 1. The van der Waals surface area contributed by atoms with E-state index in [1.807, 2.05) is 43.3 Å². The first-order chi connectivity index (χ1) is 9.72. The summed E-state index contributed by atoms with van der Waals surface area (Å²) in [5, 5.41) is 2.95. The molecule has 0 spiro atoms. The molecule has 0 fully saturated rings. The maximum atomic E-state index is 12.2. The van der Waals surface area contributed by atoms with Crippen molar-refractivity contribution in [3.8, 4) is 5.75 Å². The number of rotatable bonds is 3. The molecule has 0 aromatic heterocycles. The Balaban J connectivity index is 1.67. The van der Waals surface area contributed by atoms with Gasteiger partial charge in [-0.15, -0.1) is 0 Å². The monoisotopic (exact) mass is 267 g/mol. The van der Waals surface area contributed by atoms with E-state index in [-0.39, 0.29) is 5.91 Å². The first-order valence-electron chi connectivity index (χ1n) is 6.82. The first kappa shape index (κ1) is 12.7. The van der Waals surface area contributed by atoms with E-state index in [0.29, 0.717) is 18.7 Å². The van der Waals surface area contributed by atoms with Crippen LogP contribution < -0.4 is 10.1 Å². The number of carbonyl (C=O) groups excluding carboxylic acids is 1. The maximum absolute atomic E-state index is 12.2. The summed E-state index contributed by atoms with van der Waals surface area (Å²) in [6.45, 7) is 3.31. The Labute approximate surface area is 118 Å². The summed E-state index contributed by atoms with van der Waals surface area (Å²) in [5.74, 6) is 0.862. The number of fused-ring (bicyclic) bond motifs is 1. The second-order valence-corrected chi connectivity index (χ2v) is 5.09. The number of benzene rings is 2. The van der Waals surface area contributed by atoms with Crippen LogP contribution >= 0.6 is 0 Å². The second-order valence-electron chi connectivity index (χ2n) is 5.09. The molecular formula is C17H17NO2. The molecule has 3 rings (SSSR count). The van der Waals surface area contributed by atoms with Gasteiger partial charge in [0.2, 0.25) is 0 Å². The van der Waals surface area contributed by atoms with Gasteiger partial charge in [0.25, 0.3) is 5.91 Å². The van der Waals surface area contributed by atoms with E-state index in [4.69, 9.17) is 4.74 Å². The summed E-state index contributed by atoms with van der Waals surface area (Å²) >= 11 is 0. The molecule has 0 atom stereocenters. The van der Waals surface area contributed by atoms with Gasteiger partial charge in [-0.05, 0) is 36.2 Å². The summed E-state index contributed by atoms with van der Waals surface area (Å²) in [7, 11) is 0. The summed E-state index contributed by atoms with van der Waals surface area (Å²) in [6.07, 6.45) is 0.883. The second kappa shape index (κ2) is 5.37. The van der Waals surface area contributed by atoms with Gasteiger partial charge in [-0.25, -0.2) is 0 Å². The highest BCUT2D eigenvalue weighted by Crippen LogP contribution is 2.25. The van der Waals surface area contributed by atoms with Crippen molar-refractivity contribution in [1.29, 1.82) is 0 Å². The van der Waals surface area contributed by atoms with Crippen LogP contribution in [0.1, 0.15) is 27.0 Å². The number of hydrogen-bond acceptors (Lipinski definition) is 2. The first-order valence-corrected chi connectivity index (χ1v) is 6.82. The van der Waals surface area contributed by atoms with Crippen LogP contribution in [0, 0.1) is 6.92 Å². The summed E-state index contributed by atoms with van der Waals surface area (Å²) in [4.78, 5) is 12.2. The lowest BCUT2D eigenvalue weighted by Crippen LogP contribution is -2.22. The average Bonchev–Trinajstić information content (AvgIpc) is 2.92. The zero-order valence-electron chi connectivity index (χ0n) is 11.5. The molecule has 1 aliphatic rings. The van der Waals surface area contributed by atoms with Crippen molar-refractivity contribution in [3.63, 3.8) is 0 Å². The van der Waals surface area contributed by atoms with E-state index in [9.17, 15) is 4.79 Å². The highest BCUT2D eigenvalue weighted by molar-refractivity contribution is 5.94. The van der Waals surface area contributed by atoms with E-state index >= 15 is 0 Å². The Morgan fingerprint density at radius 1 is 1.25 bits per heavy atom. The third-order valence-corrected chi connectivity index (χ3v) is 3.49. The minimum absolute atomic E-state index is 0.0405. The molecule has 0 unspecified atom stereocenters. The molecular weight excluding hydrogens is 250 g/mol. The van der Waals surface area contributed by atoms with Gasteiger partial charge in [0, 0.05) is 18.5 Å². The van der Waals surface area contributed by atoms with Gasteiger partial charge in [-0.2, -0.15) is 0 Å². The highest BCUT2D eigenvalue weighted by Gasteiger charge is 2.14. The average molecular weight is 267 g/mol. The SMILES string of the molecule is Cc1cccc(CNC(=O)c2ccc3c(c2)CCO3)c1. The summed E-state index contributed by atoms with van der Waals surface area (Å²) in [6, 6.07) is 13.8. The quantitative estimate of drug-likeness (QED) is 0.928. The van der Waals surface area contributed by atoms with Crippen LogP contribution in [0.15, 0.2) is 42.5 Å². The Bertz CT molecular complexity index is 649. The van der Waals surface area contributed by atoms with Crippen molar-refractivity contribution >= 4 is 5.91 Å². The molecule has 1 N–H and O–H groups in total. The molecule has 3 heteroatoms. The van der Waals surface area contributed by atoms with Gasteiger partial charge < -0.3 is 10.1 Å². The van der Waals surface area contributed by atoms with Gasteiger partial charge in [0.1, 0.15) is 5.75 Å². The number of aryl methyl sites for hydroxylation is 1. The number of nitrogens with one attached hydrogen (secondary N) is 1. The van der Waals surface area contributed by atoms with Crippen molar-refractivity contribution in [2.75, 3.05) is 6.61 Å². The molecule has 1 amide bonds. The fourth-order valence-electron chi connectivity index (χ4n) is 2.43. The number of carbonyl (C=O) groups is 1. The van der Waals surface area contributed by atoms with E-state index < -0.39 is 0 Å². The molecule has 20 heavy (non-hydrogen) atoms.